The van der Waals surface area contributed by atoms with Crippen molar-refractivity contribution < 1.29 is 4.74 Å². The molecule has 1 aliphatic rings. The van der Waals surface area contributed by atoms with Crippen molar-refractivity contribution in [2.45, 2.75) is 51.2 Å². The Morgan fingerprint density at radius 1 is 1.22 bits per heavy atom. The van der Waals surface area contributed by atoms with E-state index in [1.165, 1.54) is 6.42 Å². The second-order valence-corrected chi connectivity index (χ2v) is 6.57. The molecule has 124 valence electrons. The molecule has 0 atom stereocenters. The number of rotatable bonds is 5. The van der Waals surface area contributed by atoms with Crippen molar-refractivity contribution in [3.63, 3.8) is 0 Å². The van der Waals surface area contributed by atoms with E-state index in [0.717, 1.165) is 37.6 Å². The molecular weight excluding hydrogens is 312 g/mol. The van der Waals surface area contributed by atoms with E-state index in [0.29, 0.717) is 22.2 Å². The zero-order valence-electron chi connectivity index (χ0n) is 13.4. The van der Waals surface area contributed by atoms with Gasteiger partial charge in [0.25, 0.3) is 5.56 Å². The van der Waals surface area contributed by atoms with Crippen LogP contribution in [-0.4, -0.2) is 23.7 Å². The molecule has 1 saturated carbocycles. The first-order chi connectivity index (χ1) is 11.2. The molecule has 2 N–H and O–H groups in total. The Labute approximate surface area is 141 Å². The maximum Gasteiger partial charge on any atom is 0.255 e. The summed E-state index contributed by atoms with van der Waals surface area (Å²) < 4.78 is 6.11. The fraction of sp³-hybridized carbons (Fsp3) is 0.500. The van der Waals surface area contributed by atoms with Crippen LogP contribution in [0.3, 0.4) is 0 Å². The van der Waals surface area contributed by atoms with Gasteiger partial charge in [-0.15, -0.1) is 0 Å². The van der Waals surface area contributed by atoms with Crippen LogP contribution in [0.5, 0.6) is 5.75 Å². The number of aromatic nitrogens is 1. The Morgan fingerprint density at radius 2 is 2.00 bits per heavy atom. The Balaban J connectivity index is 1.68. The molecule has 1 heterocycles. The van der Waals surface area contributed by atoms with E-state index in [9.17, 15) is 4.79 Å². The van der Waals surface area contributed by atoms with Gasteiger partial charge in [-0.25, -0.2) is 0 Å². The SMILES string of the molecule is CCCN[C@H]1CC[C@@H](Oc2ccc3c(=O)[nH]ccc3c2Cl)CC1. The molecule has 1 aliphatic carbocycles. The highest BCUT2D eigenvalue weighted by Gasteiger charge is 2.23. The molecule has 1 aromatic heterocycles. The third-order valence-corrected chi connectivity index (χ3v) is 4.89. The molecular formula is C18H23ClN2O2. The van der Waals surface area contributed by atoms with Crippen LogP contribution in [0.4, 0.5) is 0 Å². The zero-order valence-corrected chi connectivity index (χ0v) is 14.2. The highest BCUT2D eigenvalue weighted by Crippen LogP contribution is 2.33. The van der Waals surface area contributed by atoms with E-state index in [2.05, 4.69) is 17.2 Å². The van der Waals surface area contributed by atoms with Gasteiger partial charge in [-0.05, 0) is 56.8 Å². The van der Waals surface area contributed by atoms with Crippen molar-refractivity contribution in [1.82, 2.24) is 10.3 Å². The summed E-state index contributed by atoms with van der Waals surface area (Å²) in [6.07, 6.45) is 7.32. The van der Waals surface area contributed by atoms with Gasteiger partial charge in [-0.3, -0.25) is 4.79 Å². The first-order valence-corrected chi connectivity index (χ1v) is 8.76. The quantitative estimate of drug-likeness (QED) is 0.872. The molecule has 0 saturated heterocycles. The summed E-state index contributed by atoms with van der Waals surface area (Å²) >= 11 is 6.44. The van der Waals surface area contributed by atoms with Crippen LogP contribution in [0.1, 0.15) is 39.0 Å². The number of benzene rings is 1. The van der Waals surface area contributed by atoms with Gasteiger partial charge in [0.2, 0.25) is 0 Å². The largest absolute Gasteiger partial charge is 0.489 e. The van der Waals surface area contributed by atoms with E-state index in [1.54, 1.807) is 18.3 Å². The lowest BCUT2D eigenvalue weighted by Gasteiger charge is -2.30. The summed E-state index contributed by atoms with van der Waals surface area (Å²) in [7, 11) is 0. The van der Waals surface area contributed by atoms with Gasteiger partial charge >= 0.3 is 0 Å². The number of hydrogen-bond acceptors (Lipinski definition) is 3. The van der Waals surface area contributed by atoms with E-state index >= 15 is 0 Å². The molecule has 0 bridgehead atoms. The van der Waals surface area contributed by atoms with Crippen LogP contribution < -0.4 is 15.6 Å². The van der Waals surface area contributed by atoms with Crippen molar-refractivity contribution in [3.8, 4) is 5.75 Å². The minimum Gasteiger partial charge on any atom is -0.489 e. The number of aromatic amines is 1. The second kappa shape index (κ2) is 7.37. The van der Waals surface area contributed by atoms with Crippen LogP contribution in [0, 0.1) is 0 Å². The molecule has 2 aromatic rings. The van der Waals surface area contributed by atoms with Crippen LogP contribution in [0.15, 0.2) is 29.2 Å². The summed E-state index contributed by atoms with van der Waals surface area (Å²) in [5.74, 6) is 0.676. The summed E-state index contributed by atoms with van der Waals surface area (Å²) in [6, 6.07) is 6.02. The smallest absolute Gasteiger partial charge is 0.255 e. The van der Waals surface area contributed by atoms with Crippen LogP contribution in [-0.2, 0) is 0 Å². The minimum atomic E-state index is -0.126. The molecule has 0 aliphatic heterocycles. The number of fused-ring (bicyclic) bond motifs is 1. The highest BCUT2D eigenvalue weighted by atomic mass is 35.5. The predicted molar refractivity (Wildman–Crippen MR) is 94.5 cm³/mol. The first kappa shape index (κ1) is 16.3. The maximum atomic E-state index is 11.8. The summed E-state index contributed by atoms with van der Waals surface area (Å²) in [5, 5.41) is 5.44. The average molecular weight is 335 g/mol. The number of H-pyrrole nitrogens is 1. The van der Waals surface area contributed by atoms with Crippen LogP contribution in [0.2, 0.25) is 5.02 Å². The molecule has 3 rings (SSSR count). The van der Waals surface area contributed by atoms with Gasteiger partial charge in [0.15, 0.2) is 0 Å². The van der Waals surface area contributed by atoms with Crippen LogP contribution in [0.25, 0.3) is 10.8 Å². The standard InChI is InChI=1S/C18H23ClN2O2/c1-2-10-20-12-3-5-13(6-4-12)23-16-8-7-15-14(17(16)19)9-11-21-18(15)22/h7-9,11-13,20H,2-6,10H2,1H3,(H,21,22)/t12-,13+. The number of hydrogen-bond donors (Lipinski definition) is 2. The Kier molecular flexibility index (Phi) is 5.23. The lowest BCUT2D eigenvalue weighted by molar-refractivity contribution is 0.140. The molecule has 1 fully saturated rings. The highest BCUT2D eigenvalue weighted by molar-refractivity contribution is 6.37. The maximum absolute atomic E-state index is 11.8. The van der Waals surface area contributed by atoms with Crippen molar-refractivity contribution in [2.24, 2.45) is 0 Å². The van der Waals surface area contributed by atoms with E-state index < -0.39 is 0 Å². The Morgan fingerprint density at radius 3 is 2.74 bits per heavy atom. The van der Waals surface area contributed by atoms with Gasteiger partial charge in [0.1, 0.15) is 5.75 Å². The van der Waals surface area contributed by atoms with Gasteiger partial charge in [0.05, 0.1) is 11.1 Å². The van der Waals surface area contributed by atoms with Crippen molar-refractivity contribution in [2.75, 3.05) is 6.54 Å². The van der Waals surface area contributed by atoms with Gasteiger partial charge in [0, 0.05) is 23.0 Å². The first-order valence-electron chi connectivity index (χ1n) is 8.39. The molecule has 23 heavy (non-hydrogen) atoms. The van der Waals surface area contributed by atoms with Gasteiger partial charge in [-0.1, -0.05) is 18.5 Å². The molecule has 0 spiro atoms. The van der Waals surface area contributed by atoms with Gasteiger partial charge < -0.3 is 15.0 Å². The molecule has 1 aromatic carbocycles. The average Bonchev–Trinajstić information content (AvgIpc) is 2.57. The fourth-order valence-electron chi connectivity index (χ4n) is 3.22. The molecule has 5 heteroatoms. The summed E-state index contributed by atoms with van der Waals surface area (Å²) in [6.45, 7) is 3.27. The van der Waals surface area contributed by atoms with Crippen molar-refractivity contribution in [3.05, 3.63) is 39.8 Å². The molecule has 0 unspecified atom stereocenters. The van der Waals surface area contributed by atoms with Crippen LogP contribution >= 0.6 is 11.6 Å². The topological polar surface area (TPSA) is 54.1 Å². The fourth-order valence-corrected chi connectivity index (χ4v) is 3.49. The summed E-state index contributed by atoms with van der Waals surface area (Å²) in [4.78, 5) is 14.5. The Hall–Kier alpha value is -1.52. The Bertz CT molecular complexity index is 721. The second-order valence-electron chi connectivity index (χ2n) is 6.19. The zero-order chi connectivity index (χ0) is 16.2. The summed E-state index contributed by atoms with van der Waals surface area (Å²) in [5.41, 5.74) is -0.126. The lowest BCUT2D eigenvalue weighted by Crippen LogP contribution is -2.36. The number of ether oxygens (including phenoxy) is 1. The third-order valence-electron chi connectivity index (χ3n) is 4.50. The molecule has 0 radical (unpaired) electrons. The van der Waals surface area contributed by atoms with Gasteiger partial charge in [-0.2, -0.15) is 0 Å². The van der Waals surface area contributed by atoms with E-state index in [1.807, 2.05) is 6.07 Å². The van der Waals surface area contributed by atoms with E-state index in [-0.39, 0.29) is 11.7 Å². The minimum absolute atomic E-state index is 0.126. The number of pyridine rings is 1. The lowest BCUT2D eigenvalue weighted by atomic mass is 9.93. The normalized spacial score (nSPS) is 21.5. The molecule has 4 nitrogen and oxygen atoms in total. The predicted octanol–water partition coefficient (Wildman–Crippen LogP) is 3.87. The number of halogens is 1. The number of nitrogens with one attached hydrogen (secondary N) is 2. The molecule has 0 amide bonds. The van der Waals surface area contributed by atoms with Crippen molar-refractivity contribution in [1.29, 1.82) is 0 Å². The monoisotopic (exact) mass is 334 g/mol. The van der Waals surface area contributed by atoms with Crippen molar-refractivity contribution >= 4 is 22.4 Å². The third kappa shape index (κ3) is 3.70. The van der Waals surface area contributed by atoms with E-state index in [4.69, 9.17) is 16.3 Å².